The molecule has 1 amide bonds. The molecular weight excluding hydrogens is 494 g/mol. The Morgan fingerprint density at radius 3 is 2.46 bits per heavy atom. The molecule has 9 heteroatoms. The Labute approximate surface area is 227 Å². The van der Waals surface area contributed by atoms with E-state index in [0.29, 0.717) is 42.0 Å². The minimum absolute atomic E-state index is 0.0361. The number of methoxy groups -OCH3 is 2. The molecule has 1 N–H and O–H groups in total. The summed E-state index contributed by atoms with van der Waals surface area (Å²) in [6, 6.07) is 18.8. The lowest BCUT2D eigenvalue weighted by molar-refractivity contribution is 0.0772. The van der Waals surface area contributed by atoms with Gasteiger partial charge in [-0.3, -0.25) is 9.59 Å². The van der Waals surface area contributed by atoms with Crippen LogP contribution in [0.5, 0.6) is 11.6 Å². The van der Waals surface area contributed by atoms with Crippen molar-refractivity contribution in [1.29, 1.82) is 0 Å². The third-order valence-corrected chi connectivity index (χ3v) is 7.25. The Balaban J connectivity index is 1.51. The van der Waals surface area contributed by atoms with Crippen LogP contribution in [0.15, 0.2) is 66.9 Å². The molecule has 3 heterocycles. The summed E-state index contributed by atoms with van der Waals surface area (Å²) in [6.45, 7) is 1.39. The summed E-state index contributed by atoms with van der Waals surface area (Å²) < 4.78 is 12.3. The predicted octanol–water partition coefficient (Wildman–Crippen LogP) is 4.46. The largest absolute Gasteiger partial charge is 0.497 e. The zero-order chi connectivity index (χ0) is 27.5. The summed E-state index contributed by atoms with van der Waals surface area (Å²) in [7, 11) is 7.24. The van der Waals surface area contributed by atoms with Crippen LogP contribution in [-0.2, 0) is 6.54 Å². The summed E-state index contributed by atoms with van der Waals surface area (Å²) in [5, 5.41) is 4.27. The second-order valence-corrected chi connectivity index (χ2v) is 9.91. The third kappa shape index (κ3) is 5.58. The topological polar surface area (TPSA) is 88.9 Å². The molecule has 2 aromatic heterocycles. The maximum absolute atomic E-state index is 13.8. The Hall–Kier alpha value is -4.37. The van der Waals surface area contributed by atoms with Gasteiger partial charge in [0.25, 0.3) is 5.91 Å². The summed E-state index contributed by atoms with van der Waals surface area (Å²) in [6.07, 6.45) is 2.59. The van der Waals surface area contributed by atoms with Gasteiger partial charge in [0, 0.05) is 53.7 Å². The number of rotatable bonds is 9. The molecule has 202 valence electrons. The number of likely N-dealkylation sites (N-methyl/N-ethyl adjacent to an activating group) is 1. The van der Waals surface area contributed by atoms with Gasteiger partial charge < -0.3 is 29.2 Å². The molecule has 0 radical (unpaired) electrons. The number of likely N-dealkylation sites (tertiary alicyclic amines) is 1. The minimum Gasteiger partial charge on any atom is -0.497 e. The maximum Gasteiger partial charge on any atom is 0.270 e. The smallest absolute Gasteiger partial charge is 0.270 e. The fourth-order valence-electron chi connectivity index (χ4n) is 4.97. The molecule has 1 saturated heterocycles. The Morgan fingerprint density at radius 1 is 1.00 bits per heavy atom. The summed E-state index contributed by atoms with van der Waals surface area (Å²) in [5.74, 6) is 1.03. The van der Waals surface area contributed by atoms with E-state index in [1.807, 2.05) is 53.9 Å². The number of ketones is 1. The lowest BCUT2D eigenvalue weighted by Gasteiger charge is -2.21. The lowest BCUT2D eigenvalue weighted by Crippen LogP contribution is -2.35. The molecule has 0 aliphatic carbocycles. The van der Waals surface area contributed by atoms with Gasteiger partial charge in [-0.15, -0.1) is 0 Å². The molecule has 0 saturated carbocycles. The van der Waals surface area contributed by atoms with E-state index in [-0.39, 0.29) is 18.2 Å². The van der Waals surface area contributed by atoms with Gasteiger partial charge in [-0.25, -0.2) is 4.98 Å². The Morgan fingerprint density at radius 2 is 1.77 bits per heavy atom. The first kappa shape index (κ1) is 26.2. The molecule has 1 fully saturated rings. The first-order chi connectivity index (χ1) is 18.9. The van der Waals surface area contributed by atoms with Crippen LogP contribution in [0.1, 0.15) is 27.3 Å². The zero-order valence-electron chi connectivity index (χ0n) is 22.7. The number of carbonyl (C=O) groups excluding carboxylic acids is 2. The molecule has 1 aliphatic rings. The summed E-state index contributed by atoms with van der Waals surface area (Å²) >= 11 is 0. The first-order valence-electron chi connectivity index (χ1n) is 12.9. The lowest BCUT2D eigenvalue weighted by atomic mass is 10.1. The summed E-state index contributed by atoms with van der Waals surface area (Å²) in [4.78, 5) is 35.4. The number of nitrogens with zero attached hydrogens (tertiary/aromatic N) is 4. The van der Waals surface area contributed by atoms with E-state index in [4.69, 9.17) is 9.47 Å². The number of anilines is 2. The highest BCUT2D eigenvalue weighted by atomic mass is 16.5. The van der Waals surface area contributed by atoms with Crippen molar-refractivity contribution < 1.29 is 19.1 Å². The quantitative estimate of drug-likeness (QED) is 0.322. The van der Waals surface area contributed by atoms with Crippen molar-refractivity contribution in [1.82, 2.24) is 19.4 Å². The highest BCUT2D eigenvalue weighted by Crippen LogP contribution is 2.28. The van der Waals surface area contributed by atoms with Crippen molar-refractivity contribution >= 4 is 34.0 Å². The van der Waals surface area contributed by atoms with Gasteiger partial charge in [0.2, 0.25) is 5.88 Å². The van der Waals surface area contributed by atoms with Crippen LogP contribution < -0.4 is 14.8 Å². The number of ether oxygens (including phenoxy) is 2. The van der Waals surface area contributed by atoms with Crippen LogP contribution in [0.25, 0.3) is 10.9 Å². The standard InChI is InChI=1S/C30H33N5O4/c1-33(2)24-12-14-34(18-24)30(37)27-15-21-5-8-22(32-23-11-13-31-29(17-23)39-4)16-26(21)35(27)19-28(36)20-6-9-25(38-3)10-7-20/h5-11,13,15-17,24H,12,14,18-19H2,1-4H3,(H,31,32). The molecule has 1 unspecified atom stereocenters. The van der Waals surface area contributed by atoms with E-state index >= 15 is 0 Å². The van der Waals surface area contributed by atoms with Crippen LogP contribution in [-0.4, -0.2) is 78.5 Å². The first-order valence-corrected chi connectivity index (χ1v) is 12.9. The number of carbonyl (C=O) groups is 2. The molecular formula is C30H33N5O4. The molecule has 39 heavy (non-hydrogen) atoms. The molecule has 1 aliphatic heterocycles. The van der Waals surface area contributed by atoms with Crippen molar-refractivity contribution in [3.05, 3.63) is 78.1 Å². The van der Waals surface area contributed by atoms with Crippen LogP contribution in [0.2, 0.25) is 0 Å². The molecule has 1 atom stereocenters. The van der Waals surface area contributed by atoms with Crippen molar-refractivity contribution in [2.75, 3.05) is 46.7 Å². The highest BCUT2D eigenvalue weighted by Gasteiger charge is 2.30. The number of aromatic nitrogens is 2. The van der Waals surface area contributed by atoms with Gasteiger partial charge in [-0.05, 0) is 69.0 Å². The number of pyridine rings is 1. The van der Waals surface area contributed by atoms with Gasteiger partial charge in [0.1, 0.15) is 11.4 Å². The number of fused-ring (bicyclic) bond motifs is 1. The molecule has 4 aromatic rings. The molecule has 5 rings (SSSR count). The third-order valence-electron chi connectivity index (χ3n) is 7.25. The van der Waals surface area contributed by atoms with Crippen molar-refractivity contribution in [2.45, 2.75) is 19.0 Å². The second-order valence-electron chi connectivity index (χ2n) is 9.91. The number of Topliss-reactive ketones (excluding diaryl/α,β-unsaturated/α-hetero) is 1. The van der Waals surface area contributed by atoms with Gasteiger partial charge >= 0.3 is 0 Å². The van der Waals surface area contributed by atoms with Crippen molar-refractivity contribution in [3.63, 3.8) is 0 Å². The van der Waals surface area contributed by atoms with Gasteiger partial charge in [0.05, 0.1) is 26.3 Å². The number of hydrogen-bond acceptors (Lipinski definition) is 7. The normalized spacial score (nSPS) is 15.1. The molecule has 0 bridgehead atoms. The summed E-state index contributed by atoms with van der Waals surface area (Å²) in [5.41, 5.74) is 3.50. The maximum atomic E-state index is 13.8. The highest BCUT2D eigenvalue weighted by molar-refractivity contribution is 6.02. The monoisotopic (exact) mass is 527 g/mol. The average Bonchev–Trinajstić information content (AvgIpc) is 3.59. The van der Waals surface area contributed by atoms with Crippen LogP contribution >= 0.6 is 0 Å². The fraction of sp³-hybridized carbons (Fsp3) is 0.300. The minimum atomic E-state index is -0.0889. The van der Waals surface area contributed by atoms with E-state index < -0.39 is 0 Å². The van der Waals surface area contributed by atoms with Crippen molar-refractivity contribution in [2.24, 2.45) is 0 Å². The van der Waals surface area contributed by atoms with E-state index in [2.05, 4.69) is 15.2 Å². The van der Waals surface area contributed by atoms with Gasteiger partial charge in [-0.1, -0.05) is 6.07 Å². The second kappa shape index (κ2) is 11.2. The number of nitrogens with one attached hydrogen (secondary N) is 1. The number of benzene rings is 2. The van der Waals surface area contributed by atoms with Crippen LogP contribution in [0.3, 0.4) is 0 Å². The van der Waals surface area contributed by atoms with E-state index in [9.17, 15) is 9.59 Å². The van der Waals surface area contributed by atoms with E-state index in [0.717, 1.165) is 28.7 Å². The SMILES string of the molecule is COc1ccc(C(=O)Cn2c(C(=O)N3CCC(N(C)C)C3)cc3ccc(Nc4ccnc(OC)c4)cc32)cc1. The number of hydrogen-bond donors (Lipinski definition) is 1. The Kier molecular flexibility index (Phi) is 7.51. The Bertz CT molecular complexity index is 1500. The molecule has 2 aromatic carbocycles. The zero-order valence-corrected chi connectivity index (χ0v) is 22.7. The van der Waals surface area contributed by atoms with Crippen LogP contribution in [0.4, 0.5) is 11.4 Å². The van der Waals surface area contributed by atoms with Crippen LogP contribution in [0, 0.1) is 0 Å². The average molecular weight is 528 g/mol. The molecule has 0 spiro atoms. The molecule has 9 nitrogen and oxygen atoms in total. The van der Waals surface area contributed by atoms with Gasteiger partial charge in [0.15, 0.2) is 5.78 Å². The van der Waals surface area contributed by atoms with Gasteiger partial charge in [-0.2, -0.15) is 0 Å². The van der Waals surface area contributed by atoms with E-state index in [1.165, 1.54) is 0 Å². The number of amides is 1. The fourth-order valence-corrected chi connectivity index (χ4v) is 4.97. The predicted molar refractivity (Wildman–Crippen MR) is 151 cm³/mol. The van der Waals surface area contributed by atoms with E-state index in [1.54, 1.807) is 50.7 Å². The van der Waals surface area contributed by atoms with Crippen molar-refractivity contribution in [3.8, 4) is 11.6 Å².